The van der Waals surface area contributed by atoms with Gasteiger partial charge >= 0.3 is 12.1 Å². The summed E-state index contributed by atoms with van der Waals surface area (Å²) in [5.41, 5.74) is 7.51. The molecule has 0 aliphatic carbocycles. The molecule has 0 fully saturated rings. The summed E-state index contributed by atoms with van der Waals surface area (Å²) >= 11 is 0. The minimum atomic E-state index is -4.52. The van der Waals surface area contributed by atoms with E-state index in [1.807, 2.05) is 0 Å². The Morgan fingerprint density at radius 3 is 2.55 bits per heavy atom. The maximum absolute atomic E-state index is 12.7. The van der Waals surface area contributed by atoms with Gasteiger partial charge in [-0.2, -0.15) is 18.2 Å². The number of carboxylic acids is 1. The van der Waals surface area contributed by atoms with Crippen molar-refractivity contribution in [3.8, 4) is 11.6 Å². The van der Waals surface area contributed by atoms with Crippen molar-refractivity contribution in [3.05, 3.63) is 40.6 Å². The zero-order valence-corrected chi connectivity index (χ0v) is 15.8. The van der Waals surface area contributed by atoms with Crippen LogP contribution in [0.5, 0.6) is 11.6 Å². The summed E-state index contributed by atoms with van der Waals surface area (Å²) in [6.45, 7) is -0.662. The van der Waals surface area contributed by atoms with Gasteiger partial charge in [0.1, 0.15) is 5.75 Å². The topological polar surface area (TPSA) is 122 Å². The lowest BCUT2D eigenvalue weighted by Gasteiger charge is -2.22. The maximum Gasteiger partial charge on any atom is 0.401 e. The van der Waals surface area contributed by atoms with Crippen LogP contribution in [-0.4, -0.2) is 57.4 Å². The number of aryl methyl sites for hydroxylation is 1. The molecule has 0 bridgehead atoms. The zero-order chi connectivity index (χ0) is 21.8. The summed E-state index contributed by atoms with van der Waals surface area (Å²) in [6.07, 6.45) is -4.31. The van der Waals surface area contributed by atoms with Gasteiger partial charge in [0.25, 0.3) is 0 Å². The molecule has 1 aromatic carbocycles. The van der Waals surface area contributed by atoms with E-state index in [0.717, 1.165) is 4.90 Å². The average Bonchev–Trinajstić information content (AvgIpc) is 2.56. The lowest BCUT2D eigenvalue weighted by atomic mass is 10.0. The highest BCUT2D eigenvalue weighted by molar-refractivity contribution is 5.69. The molecule has 2 rings (SSSR count). The van der Waals surface area contributed by atoms with Crippen LogP contribution < -0.4 is 10.5 Å². The predicted molar refractivity (Wildman–Crippen MR) is 97.6 cm³/mol. The number of hydrogen-bond acceptors (Lipinski definition) is 7. The fourth-order valence-electron chi connectivity index (χ4n) is 2.90. The summed E-state index contributed by atoms with van der Waals surface area (Å²) in [4.78, 5) is 19.4. The van der Waals surface area contributed by atoms with Crippen LogP contribution in [0.4, 0.5) is 19.1 Å². The third-order valence-electron chi connectivity index (χ3n) is 4.10. The van der Waals surface area contributed by atoms with Crippen molar-refractivity contribution in [2.75, 3.05) is 25.9 Å². The largest absolute Gasteiger partial charge is 0.496 e. The summed E-state index contributed by atoms with van der Waals surface area (Å²) in [5, 5.41) is 18.9. The van der Waals surface area contributed by atoms with Gasteiger partial charge in [0.2, 0.25) is 11.8 Å². The van der Waals surface area contributed by atoms with Crippen molar-refractivity contribution in [3.63, 3.8) is 0 Å². The third kappa shape index (κ3) is 6.49. The highest BCUT2D eigenvalue weighted by Crippen LogP contribution is 2.28. The Labute approximate surface area is 164 Å². The Kier molecular flexibility index (Phi) is 6.85. The molecule has 0 saturated carbocycles. The van der Waals surface area contributed by atoms with Crippen LogP contribution in [0, 0.1) is 6.92 Å². The van der Waals surface area contributed by atoms with E-state index < -0.39 is 25.2 Å². The van der Waals surface area contributed by atoms with Crippen molar-refractivity contribution >= 4 is 11.9 Å². The Balaban J connectivity index is 2.26. The molecule has 0 aliphatic heterocycles. The van der Waals surface area contributed by atoms with Crippen molar-refractivity contribution in [2.45, 2.75) is 26.1 Å². The monoisotopic (exact) mass is 414 g/mol. The fourth-order valence-corrected chi connectivity index (χ4v) is 2.90. The van der Waals surface area contributed by atoms with E-state index in [1.165, 1.54) is 13.2 Å². The second kappa shape index (κ2) is 8.95. The molecular weight excluding hydrogens is 393 g/mol. The van der Waals surface area contributed by atoms with Crippen molar-refractivity contribution in [2.24, 2.45) is 0 Å². The SMILES string of the molecule is COc1cc(CN(CC(=O)O)CC(F)(F)F)ccc1Cc1c(C)nc(N)nc1O. The first kappa shape index (κ1) is 22.2. The van der Waals surface area contributed by atoms with Crippen LogP contribution in [0.1, 0.15) is 22.4 Å². The van der Waals surface area contributed by atoms with E-state index in [1.54, 1.807) is 19.1 Å². The molecular formula is C18H21F3N4O4. The second-order valence-electron chi connectivity index (χ2n) is 6.45. The van der Waals surface area contributed by atoms with Crippen LogP contribution in [0.2, 0.25) is 0 Å². The summed E-state index contributed by atoms with van der Waals surface area (Å²) in [7, 11) is 1.40. The van der Waals surface area contributed by atoms with E-state index in [2.05, 4.69) is 9.97 Å². The number of rotatable bonds is 8. The molecule has 0 amide bonds. The number of alkyl halides is 3. The summed E-state index contributed by atoms with van der Waals surface area (Å²) < 4.78 is 43.5. The zero-order valence-electron chi connectivity index (χ0n) is 15.8. The van der Waals surface area contributed by atoms with Gasteiger partial charge in [-0.05, 0) is 24.1 Å². The number of ether oxygens (including phenoxy) is 1. The van der Waals surface area contributed by atoms with Gasteiger partial charge in [-0.15, -0.1) is 0 Å². The molecule has 0 atom stereocenters. The van der Waals surface area contributed by atoms with Gasteiger partial charge in [-0.25, -0.2) is 4.98 Å². The number of aliphatic carboxylic acids is 1. The molecule has 0 unspecified atom stereocenters. The van der Waals surface area contributed by atoms with E-state index in [9.17, 15) is 23.1 Å². The normalized spacial score (nSPS) is 11.7. The number of hydrogen-bond donors (Lipinski definition) is 3. The predicted octanol–water partition coefficient (Wildman–Crippen LogP) is 2.12. The van der Waals surface area contributed by atoms with E-state index in [4.69, 9.17) is 15.6 Å². The smallest absolute Gasteiger partial charge is 0.401 e. The van der Waals surface area contributed by atoms with Gasteiger partial charge in [-0.1, -0.05) is 12.1 Å². The molecule has 4 N–H and O–H groups in total. The summed E-state index contributed by atoms with van der Waals surface area (Å²) in [6, 6.07) is 4.74. The molecule has 158 valence electrons. The Hall–Kier alpha value is -3.08. The molecule has 11 heteroatoms. The number of nitrogens with two attached hydrogens (primary N) is 1. The van der Waals surface area contributed by atoms with Crippen LogP contribution in [-0.2, 0) is 17.8 Å². The van der Waals surface area contributed by atoms with Crippen LogP contribution >= 0.6 is 0 Å². The molecule has 1 heterocycles. The first-order valence-corrected chi connectivity index (χ1v) is 8.47. The van der Waals surface area contributed by atoms with Gasteiger partial charge in [0.05, 0.1) is 25.9 Å². The number of nitrogens with zero attached hydrogens (tertiary/aromatic N) is 3. The minimum Gasteiger partial charge on any atom is -0.496 e. The van der Waals surface area contributed by atoms with Crippen LogP contribution in [0.25, 0.3) is 0 Å². The molecule has 0 saturated heterocycles. The molecule has 0 spiro atoms. The number of methoxy groups -OCH3 is 1. The van der Waals surface area contributed by atoms with E-state index in [0.29, 0.717) is 28.1 Å². The van der Waals surface area contributed by atoms with Gasteiger partial charge < -0.3 is 20.7 Å². The van der Waals surface area contributed by atoms with Gasteiger partial charge in [0.15, 0.2) is 0 Å². The fraction of sp³-hybridized carbons (Fsp3) is 0.389. The average molecular weight is 414 g/mol. The Bertz CT molecular complexity index is 867. The third-order valence-corrected chi connectivity index (χ3v) is 4.10. The number of carboxylic acid groups (broad SMARTS) is 1. The Morgan fingerprint density at radius 2 is 2.00 bits per heavy atom. The number of benzene rings is 1. The number of nitrogen functional groups attached to an aromatic ring is 1. The molecule has 0 aliphatic rings. The number of aromatic nitrogens is 2. The standard InChI is InChI=1S/C18H21F3N4O4/c1-10-13(16(28)24-17(22)23-10)6-12-4-3-11(5-14(12)29-2)7-25(8-15(26)27)9-18(19,20)21/h3-5H,6-9H2,1-2H3,(H,26,27)(H3,22,23,24,28). The van der Waals surface area contributed by atoms with Gasteiger partial charge in [0, 0.05) is 18.5 Å². The molecule has 2 aromatic rings. The Morgan fingerprint density at radius 1 is 1.31 bits per heavy atom. The molecule has 29 heavy (non-hydrogen) atoms. The minimum absolute atomic E-state index is 0.0609. The molecule has 8 nitrogen and oxygen atoms in total. The van der Waals surface area contributed by atoms with Crippen LogP contribution in [0.3, 0.4) is 0 Å². The van der Waals surface area contributed by atoms with Crippen molar-refractivity contribution in [1.29, 1.82) is 0 Å². The molecule has 1 aromatic heterocycles. The highest BCUT2D eigenvalue weighted by Gasteiger charge is 2.31. The first-order valence-electron chi connectivity index (χ1n) is 8.47. The highest BCUT2D eigenvalue weighted by atomic mass is 19.4. The van der Waals surface area contributed by atoms with Crippen LogP contribution in [0.15, 0.2) is 18.2 Å². The first-order chi connectivity index (χ1) is 13.5. The molecule has 0 radical (unpaired) electrons. The van der Waals surface area contributed by atoms with E-state index in [-0.39, 0.29) is 24.8 Å². The summed E-state index contributed by atoms with van der Waals surface area (Å²) in [5.74, 6) is -1.30. The van der Waals surface area contributed by atoms with Crippen molar-refractivity contribution in [1.82, 2.24) is 14.9 Å². The second-order valence-corrected chi connectivity index (χ2v) is 6.45. The van der Waals surface area contributed by atoms with Gasteiger partial charge in [-0.3, -0.25) is 9.69 Å². The van der Waals surface area contributed by atoms with E-state index >= 15 is 0 Å². The lowest BCUT2D eigenvalue weighted by molar-refractivity contribution is -0.154. The lowest BCUT2D eigenvalue weighted by Crippen LogP contribution is -2.37. The van der Waals surface area contributed by atoms with Crippen molar-refractivity contribution < 1.29 is 32.9 Å². The maximum atomic E-state index is 12.7. The number of carbonyl (C=O) groups is 1. The number of halogens is 3. The number of aromatic hydroxyl groups is 1. The quantitative estimate of drug-likeness (QED) is 0.601. The number of anilines is 1.